The molecule has 0 spiro atoms. The van der Waals surface area contributed by atoms with Gasteiger partial charge >= 0.3 is 12.0 Å². The van der Waals surface area contributed by atoms with Crippen molar-refractivity contribution < 1.29 is 23.9 Å². The summed E-state index contributed by atoms with van der Waals surface area (Å²) in [5.41, 5.74) is 5.40. The molecule has 3 N–H and O–H groups in total. The lowest BCUT2D eigenvalue weighted by atomic mass is 10.1. The minimum Gasteiger partial charge on any atom is -0.452 e. The van der Waals surface area contributed by atoms with Gasteiger partial charge in [-0.1, -0.05) is 26.0 Å². The Morgan fingerprint density at radius 2 is 1.72 bits per heavy atom. The third-order valence-electron chi connectivity index (χ3n) is 3.34. The lowest BCUT2D eigenvalue weighted by Gasteiger charge is -2.19. The number of esters is 1. The fourth-order valence-electron chi connectivity index (χ4n) is 2.02. The van der Waals surface area contributed by atoms with Gasteiger partial charge < -0.3 is 10.5 Å². The van der Waals surface area contributed by atoms with E-state index in [0.717, 1.165) is 4.90 Å². The van der Waals surface area contributed by atoms with Crippen molar-refractivity contribution in [3.63, 3.8) is 0 Å². The van der Waals surface area contributed by atoms with Crippen molar-refractivity contribution in [3.05, 3.63) is 29.8 Å². The average Bonchev–Trinajstić information content (AvgIpc) is 2.56. The zero-order valence-corrected chi connectivity index (χ0v) is 15.2. The molecule has 3 amide bonds. The first-order valence-corrected chi connectivity index (χ1v) is 8.94. The van der Waals surface area contributed by atoms with Gasteiger partial charge in [-0.25, -0.2) is 4.79 Å². The topological polar surface area (TPSA) is 116 Å². The van der Waals surface area contributed by atoms with Gasteiger partial charge in [0.15, 0.2) is 11.9 Å². The van der Waals surface area contributed by atoms with Gasteiger partial charge in [0.2, 0.25) is 0 Å². The molecular weight excluding hydrogens is 344 g/mol. The number of hydrogen-bond acceptors (Lipinski definition) is 6. The Hall–Kier alpha value is -2.35. The molecule has 0 bridgehead atoms. The van der Waals surface area contributed by atoms with Crippen LogP contribution in [0.5, 0.6) is 0 Å². The Balaban J connectivity index is 2.57. The standard InChI is InChI=1S/C17H22N2O5S/c1-10(2)15(16(22)19-17(18)23)24-14(21)9-8-13(20)11-4-6-12(25-3)7-5-11/h4-7,10,15H,8-9H2,1-3H3,(H3,18,19,22,23)/t15-/m0/s1. The molecule has 0 saturated carbocycles. The lowest BCUT2D eigenvalue weighted by molar-refractivity contribution is -0.158. The van der Waals surface area contributed by atoms with Gasteiger partial charge in [-0.3, -0.25) is 19.7 Å². The van der Waals surface area contributed by atoms with Gasteiger partial charge in [-0.05, 0) is 24.3 Å². The Labute approximate surface area is 150 Å². The summed E-state index contributed by atoms with van der Waals surface area (Å²) < 4.78 is 5.08. The largest absolute Gasteiger partial charge is 0.452 e. The lowest BCUT2D eigenvalue weighted by Crippen LogP contribution is -2.45. The van der Waals surface area contributed by atoms with Crippen LogP contribution in [-0.4, -0.2) is 36.1 Å². The summed E-state index contributed by atoms with van der Waals surface area (Å²) in [6, 6.07) is 6.06. The number of carbonyl (C=O) groups is 4. The second-order valence-corrected chi connectivity index (χ2v) is 6.54. The number of carbonyl (C=O) groups excluding carboxylic acids is 4. The molecule has 0 saturated heterocycles. The number of benzene rings is 1. The predicted octanol–water partition coefficient (Wildman–Crippen LogP) is 2.13. The van der Waals surface area contributed by atoms with E-state index in [2.05, 4.69) is 0 Å². The molecule has 0 fully saturated rings. The van der Waals surface area contributed by atoms with Crippen molar-refractivity contribution in [2.75, 3.05) is 6.26 Å². The van der Waals surface area contributed by atoms with Crippen molar-refractivity contribution in [1.29, 1.82) is 0 Å². The molecule has 0 heterocycles. The molecule has 0 radical (unpaired) electrons. The first-order chi connectivity index (χ1) is 11.7. The minimum absolute atomic E-state index is 0.0281. The van der Waals surface area contributed by atoms with Crippen LogP contribution in [0.2, 0.25) is 0 Å². The first-order valence-electron chi connectivity index (χ1n) is 7.71. The SMILES string of the molecule is CSc1ccc(C(=O)CCC(=O)O[C@H](C(=O)NC(N)=O)C(C)C)cc1. The number of amides is 3. The van der Waals surface area contributed by atoms with Crippen LogP contribution in [0.25, 0.3) is 0 Å². The highest BCUT2D eigenvalue weighted by atomic mass is 32.2. The summed E-state index contributed by atoms with van der Waals surface area (Å²) in [6.07, 6.45) is 0.610. The molecule has 136 valence electrons. The molecule has 7 nitrogen and oxygen atoms in total. The Kier molecular flexibility index (Phi) is 8.13. The van der Waals surface area contributed by atoms with Crippen LogP contribution in [0, 0.1) is 5.92 Å². The van der Waals surface area contributed by atoms with E-state index in [0.29, 0.717) is 5.56 Å². The number of primary amides is 1. The first kappa shape index (κ1) is 20.7. The van der Waals surface area contributed by atoms with Crippen LogP contribution in [-0.2, 0) is 14.3 Å². The normalized spacial score (nSPS) is 11.7. The predicted molar refractivity (Wildman–Crippen MR) is 94.2 cm³/mol. The van der Waals surface area contributed by atoms with E-state index in [9.17, 15) is 19.2 Å². The van der Waals surface area contributed by atoms with Crippen LogP contribution in [0.1, 0.15) is 37.0 Å². The quantitative estimate of drug-likeness (QED) is 0.414. The van der Waals surface area contributed by atoms with Crippen molar-refractivity contribution >= 4 is 35.5 Å². The highest BCUT2D eigenvalue weighted by molar-refractivity contribution is 7.98. The van der Waals surface area contributed by atoms with Gasteiger partial charge in [-0.15, -0.1) is 11.8 Å². The van der Waals surface area contributed by atoms with Gasteiger partial charge in [0.1, 0.15) is 0 Å². The van der Waals surface area contributed by atoms with E-state index in [1.165, 1.54) is 0 Å². The number of ether oxygens (including phenoxy) is 1. The summed E-state index contributed by atoms with van der Waals surface area (Å²) in [4.78, 5) is 47.6. The number of nitrogens with one attached hydrogen (secondary N) is 1. The average molecular weight is 366 g/mol. The smallest absolute Gasteiger partial charge is 0.318 e. The minimum atomic E-state index is -1.14. The van der Waals surface area contributed by atoms with Crippen LogP contribution in [0.3, 0.4) is 0 Å². The number of rotatable bonds is 8. The van der Waals surface area contributed by atoms with Gasteiger partial charge in [0.05, 0.1) is 6.42 Å². The third-order valence-corrected chi connectivity index (χ3v) is 4.08. The number of urea groups is 1. The van der Waals surface area contributed by atoms with E-state index >= 15 is 0 Å². The number of ketones is 1. The highest BCUT2D eigenvalue weighted by Gasteiger charge is 2.27. The maximum Gasteiger partial charge on any atom is 0.318 e. The van der Waals surface area contributed by atoms with Crippen LogP contribution >= 0.6 is 11.8 Å². The maximum atomic E-state index is 12.1. The Morgan fingerprint density at radius 3 is 2.20 bits per heavy atom. The molecular formula is C17H22N2O5S. The van der Waals surface area contributed by atoms with Crippen molar-refractivity contribution in [2.45, 2.75) is 37.7 Å². The number of hydrogen-bond donors (Lipinski definition) is 2. The molecule has 25 heavy (non-hydrogen) atoms. The molecule has 1 rings (SSSR count). The summed E-state index contributed by atoms with van der Waals surface area (Å²) in [7, 11) is 0. The fourth-order valence-corrected chi connectivity index (χ4v) is 2.43. The summed E-state index contributed by atoms with van der Waals surface area (Å²) in [5.74, 6) is -2.01. The molecule has 0 aliphatic rings. The van der Waals surface area contributed by atoms with E-state index < -0.39 is 24.0 Å². The summed E-state index contributed by atoms with van der Waals surface area (Å²) >= 11 is 1.57. The van der Waals surface area contributed by atoms with Crippen molar-refractivity contribution in [3.8, 4) is 0 Å². The Bertz CT molecular complexity index is 643. The molecule has 0 unspecified atom stereocenters. The molecule has 0 aromatic heterocycles. The zero-order valence-electron chi connectivity index (χ0n) is 14.4. The van der Waals surface area contributed by atoms with Crippen molar-refractivity contribution in [1.82, 2.24) is 5.32 Å². The molecule has 1 aromatic rings. The zero-order chi connectivity index (χ0) is 19.0. The Morgan fingerprint density at radius 1 is 1.12 bits per heavy atom. The fraction of sp³-hybridized carbons (Fsp3) is 0.412. The second kappa shape index (κ2) is 9.83. The number of thioether (sulfide) groups is 1. The molecule has 1 atom stereocenters. The number of nitrogens with two attached hydrogens (primary N) is 1. The van der Waals surface area contributed by atoms with Crippen molar-refractivity contribution in [2.24, 2.45) is 11.7 Å². The van der Waals surface area contributed by atoms with E-state index in [4.69, 9.17) is 10.5 Å². The van der Waals surface area contributed by atoms with E-state index in [1.54, 1.807) is 37.7 Å². The van der Waals surface area contributed by atoms with Crippen LogP contribution in [0.15, 0.2) is 29.2 Å². The molecule has 8 heteroatoms. The summed E-state index contributed by atoms with van der Waals surface area (Å²) in [5, 5.41) is 1.88. The van der Waals surface area contributed by atoms with Crippen LogP contribution in [0.4, 0.5) is 4.79 Å². The number of Topliss-reactive ketones (excluding diaryl/α,β-unsaturated/α-hetero) is 1. The highest BCUT2D eigenvalue weighted by Crippen LogP contribution is 2.16. The van der Waals surface area contributed by atoms with Gasteiger partial charge in [0, 0.05) is 16.9 Å². The van der Waals surface area contributed by atoms with Gasteiger partial charge in [0.25, 0.3) is 5.91 Å². The maximum absolute atomic E-state index is 12.1. The second-order valence-electron chi connectivity index (χ2n) is 5.66. The molecule has 1 aromatic carbocycles. The monoisotopic (exact) mass is 366 g/mol. The number of imide groups is 1. The van der Waals surface area contributed by atoms with Gasteiger partial charge in [-0.2, -0.15) is 0 Å². The molecule has 0 aliphatic heterocycles. The van der Waals surface area contributed by atoms with E-state index in [-0.39, 0.29) is 24.5 Å². The van der Waals surface area contributed by atoms with Crippen LogP contribution < -0.4 is 11.1 Å². The molecule has 0 aliphatic carbocycles. The summed E-state index contributed by atoms with van der Waals surface area (Å²) in [6.45, 7) is 3.33. The third kappa shape index (κ3) is 6.96. The van der Waals surface area contributed by atoms with E-state index in [1.807, 2.05) is 23.7 Å².